The molecule has 0 radical (unpaired) electrons. The van der Waals surface area contributed by atoms with Gasteiger partial charge in [-0.3, -0.25) is 0 Å². The number of benzene rings is 1. The predicted molar refractivity (Wildman–Crippen MR) is 81.5 cm³/mol. The van der Waals surface area contributed by atoms with Crippen molar-refractivity contribution in [2.45, 2.75) is 45.8 Å². The van der Waals surface area contributed by atoms with E-state index in [1.807, 2.05) is 24.3 Å². The van der Waals surface area contributed by atoms with Gasteiger partial charge in [0.15, 0.2) is 0 Å². The Labute approximate surface area is 122 Å². The Morgan fingerprint density at radius 2 is 1.65 bits per heavy atom. The lowest BCUT2D eigenvalue weighted by Gasteiger charge is -2.23. The summed E-state index contributed by atoms with van der Waals surface area (Å²) in [5.74, 6) is 1.58. The van der Waals surface area contributed by atoms with Crippen LogP contribution in [0.4, 0.5) is 0 Å². The lowest BCUT2D eigenvalue weighted by molar-refractivity contribution is 0.100. The minimum Gasteiger partial charge on any atom is -0.494 e. The van der Waals surface area contributed by atoms with Crippen molar-refractivity contribution in [2.75, 3.05) is 19.8 Å². The van der Waals surface area contributed by atoms with Gasteiger partial charge in [0.1, 0.15) is 24.2 Å². The fraction of sp³-hybridized carbons (Fsp3) is 0.625. The first-order valence-corrected chi connectivity index (χ1v) is 7.19. The highest BCUT2D eigenvalue weighted by molar-refractivity contribution is 5.31. The van der Waals surface area contributed by atoms with E-state index in [2.05, 4.69) is 33.0 Å². The summed E-state index contributed by atoms with van der Waals surface area (Å²) in [6, 6.07) is 7.47. The lowest BCUT2D eigenvalue weighted by atomic mass is 10.1. The minimum absolute atomic E-state index is 0.000749. The van der Waals surface area contributed by atoms with E-state index in [1.54, 1.807) is 0 Å². The van der Waals surface area contributed by atoms with Crippen LogP contribution in [0.15, 0.2) is 24.3 Å². The SMILES string of the molecule is CCCOc1ccc(OCC(O)CNC(C)(C)C)cc1. The Morgan fingerprint density at radius 1 is 1.10 bits per heavy atom. The highest BCUT2D eigenvalue weighted by Crippen LogP contribution is 2.17. The molecule has 114 valence electrons. The van der Waals surface area contributed by atoms with Gasteiger partial charge in [-0.05, 0) is 51.5 Å². The van der Waals surface area contributed by atoms with Crippen LogP contribution >= 0.6 is 0 Å². The number of nitrogens with one attached hydrogen (secondary N) is 1. The Bertz CT molecular complexity index is 370. The Morgan fingerprint density at radius 3 is 2.15 bits per heavy atom. The number of aliphatic hydroxyl groups excluding tert-OH is 1. The Kier molecular flexibility index (Phi) is 6.82. The summed E-state index contributed by atoms with van der Waals surface area (Å²) < 4.78 is 11.0. The Balaban J connectivity index is 2.30. The minimum atomic E-state index is -0.523. The Hall–Kier alpha value is -1.26. The summed E-state index contributed by atoms with van der Waals surface area (Å²) >= 11 is 0. The molecule has 0 aromatic heterocycles. The van der Waals surface area contributed by atoms with E-state index in [0.717, 1.165) is 24.5 Å². The van der Waals surface area contributed by atoms with Crippen LogP contribution in [0.2, 0.25) is 0 Å². The lowest BCUT2D eigenvalue weighted by Crippen LogP contribution is -2.42. The van der Waals surface area contributed by atoms with E-state index in [1.165, 1.54) is 0 Å². The van der Waals surface area contributed by atoms with Gasteiger partial charge in [-0.2, -0.15) is 0 Å². The monoisotopic (exact) mass is 281 g/mol. The summed E-state index contributed by atoms with van der Waals surface area (Å²) in [4.78, 5) is 0. The van der Waals surface area contributed by atoms with E-state index >= 15 is 0 Å². The van der Waals surface area contributed by atoms with Crippen LogP contribution in [0.5, 0.6) is 11.5 Å². The van der Waals surface area contributed by atoms with Crippen molar-refractivity contribution in [3.8, 4) is 11.5 Å². The van der Waals surface area contributed by atoms with Crippen molar-refractivity contribution >= 4 is 0 Å². The molecule has 4 heteroatoms. The molecule has 0 spiro atoms. The second-order valence-electron chi connectivity index (χ2n) is 5.92. The zero-order chi connectivity index (χ0) is 15.0. The molecule has 1 rings (SSSR count). The van der Waals surface area contributed by atoms with Crippen LogP contribution < -0.4 is 14.8 Å². The van der Waals surface area contributed by atoms with Crippen LogP contribution in [0, 0.1) is 0 Å². The number of hydrogen-bond donors (Lipinski definition) is 2. The standard InChI is InChI=1S/C16H27NO3/c1-5-10-19-14-6-8-15(9-7-14)20-12-13(18)11-17-16(2,3)4/h6-9,13,17-18H,5,10-12H2,1-4H3. The maximum Gasteiger partial charge on any atom is 0.119 e. The van der Waals surface area contributed by atoms with Crippen molar-refractivity contribution in [3.63, 3.8) is 0 Å². The van der Waals surface area contributed by atoms with Gasteiger partial charge in [-0.1, -0.05) is 6.92 Å². The molecule has 0 bridgehead atoms. The molecule has 0 fully saturated rings. The molecule has 0 aliphatic rings. The first-order chi connectivity index (χ1) is 9.40. The number of hydrogen-bond acceptors (Lipinski definition) is 4. The van der Waals surface area contributed by atoms with Crippen LogP contribution in [-0.4, -0.2) is 36.5 Å². The fourth-order valence-corrected chi connectivity index (χ4v) is 1.53. The molecular formula is C16H27NO3. The van der Waals surface area contributed by atoms with Crippen LogP contribution in [0.3, 0.4) is 0 Å². The highest BCUT2D eigenvalue weighted by Gasteiger charge is 2.12. The molecule has 0 heterocycles. The molecule has 0 saturated carbocycles. The molecule has 0 saturated heterocycles. The molecule has 0 aliphatic carbocycles. The third kappa shape index (κ3) is 7.36. The normalized spacial score (nSPS) is 13.1. The van der Waals surface area contributed by atoms with Crippen molar-refractivity contribution < 1.29 is 14.6 Å². The first kappa shape index (κ1) is 16.8. The molecule has 20 heavy (non-hydrogen) atoms. The molecule has 1 aromatic carbocycles. The molecular weight excluding hydrogens is 254 g/mol. The average molecular weight is 281 g/mol. The second-order valence-corrected chi connectivity index (χ2v) is 5.92. The van der Waals surface area contributed by atoms with Crippen LogP contribution in [0.1, 0.15) is 34.1 Å². The van der Waals surface area contributed by atoms with Gasteiger partial charge in [-0.25, -0.2) is 0 Å². The number of β-amino-alcohol motifs (C(OH)–C–C–N with tert-alkyl or cyclic N) is 1. The number of rotatable bonds is 8. The topological polar surface area (TPSA) is 50.7 Å². The van der Waals surface area contributed by atoms with Gasteiger partial charge in [0.2, 0.25) is 0 Å². The smallest absolute Gasteiger partial charge is 0.119 e. The van der Waals surface area contributed by atoms with Crippen molar-refractivity contribution in [2.24, 2.45) is 0 Å². The van der Waals surface area contributed by atoms with Gasteiger partial charge in [0.05, 0.1) is 6.61 Å². The zero-order valence-electron chi connectivity index (χ0n) is 13.0. The molecule has 1 atom stereocenters. The highest BCUT2D eigenvalue weighted by atomic mass is 16.5. The van der Waals surface area contributed by atoms with Gasteiger partial charge < -0.3 is 19.9 Å². The van der Waals surface area contributed by atoms with Crippen molar-refractivity contribution in [1.82, 2.24) is 5.32 Å². The third-order valence-electron chi connectivity index (χ3n) is 2.61. The maximum atomic E-state index is 9.83. The van der Waals surface area contributed by atoms with Gasteiger partial charge in [0.25, 0.3) is 0 Å². The molecule has 0 amide bonds. The molecule has 4 nitrogen and oxygen atoms in total. The summed E-state index contributed by atoms with van der Waals surface area (Å²) in [6.45, 7) is 9.78. The van der Waals surface area contributed by atoms with Crippen molar-refractivity contribution in [3.05, 3.63) is 24.3 Å². The fourth-order valence-electron chi connectivity index (χ4n) is 1.53. The molecule has 1 unspecified atom stereocenters. The van der Waals surface area contributed by atoms with Crippen molar-refractivity contribution in [1.29, 1.82) is 0 Å². The van der Waals surface area contributed by atoms with Gasteiger partial charge in [0, 0.05) is 12.1 Å². The number of aliphatic hydroxyl groups is 1. The summed E-state index contributed by atoms with van der Waals surface area (Å²) in [7, 11) is 0. The van der Waals surface area contributed by atoms with E-state index in [0.29, 0.717) is 6.54 Å². The first-order valence-electron chi connectivity index (χ1n) is 7.19. The quantitative estimate of drug-likeness (QED) is 0.769. The van der Waals surface area contributed by atoms with E-state index in [4.69, 9.17) is 9.47 Å². The van der Waals surface area contributed by atoms with E-state index in [9.17, 15) is 5.11 Å². The van der Waals surface area contributed by atoms with Gasteiger partial charge in [-0.15, -0.1) is 0 Å². The summed E-state index contributed by atoms with van der Waals surface area (Å²) in [5, 5.41) is 13.1. The van der Waals surface area contributed by atoms with Crippen LogP contribution in [0.25, 0.3) is 0 Å². The summed E-state index contributed by atoms with van der Waals surface area (Å²) in [5.41, 5.74) is -0.000749. The molecule has 0 aliphatic heterocycles. The van der Waals surface area contributed by atoms with Gasteiger partial charge >= 0.3 is 0 Å². The predicted octanol–water partition coefficient (Wildman–Crippen LogP) is 2.60. The molecule has 1 aromatic rings. The average Bonchev–Trinajstić information content (AvgIpc) is 2.41. The van der Waals surface area contributed by atoms with E-state index in [-0.39, 0.29) is 12.1 Å². The summed E-state index contributed by atoms with van der Waals surface area (Å²) in [6.07, 6.45) is 0.468. The molecule has 2 N–H and O–H groups in total. The largest absolute Gasteiger partial charge is 0.494 e. The number of ether oxygens (including phenoxy) is 2. The third-order valence-corrected chi connectivity index (χ3v) is 2.61. The maximum absolute atomic E-state index is 9.83. The second kappa shape index (κ2) is 8.12. The van der Waals surface area contributed by atoms with Crippen LogP contribution in [-0.2, 0) is 0 Å². The zero-order valence-corrected chi connectivity index (χ0v) is 13.0. The van der Waals surface area contributed by atoms with E-state index < -0.39 is 6.10 Å².